The summed E-state index contributed by atoms with van der Waals surface area (Å²) in [5.41, 5.74) is 7.83. The van der Waals surface area contributed by atoms with Crippen molar-refractivity contribution in [3.8, 4) is 5.75 Å². The molecule has 0 radical (unpaired) electrons. The fourth-order valence-electron chi connectivity index (χ4n) is 3.08. The molecule has 1 aliphatic rings. The van der Waals surface area contributed by atoms with E-state index in [1.54, 1.807) is 13.2 Å². The lowest BCUT2D eigenvalue weighted by atomic mass is 10.1. The van der Waals surface area contributed by atoms with E-state index >= 15 is 0 Å². The third-order valence-electron chi connectivity index (χ3n) is 4.58. The molecule has 1 saturated heterocycles. The SMILES string of the molecule is COc1ccc(/C=C/c2nc3c(N)nc(C(O)C4CC(O)CO4)nc3[nH]2)cc1. The molecule has 9 nitrogen and oxygen atoms in total. The van der Waals surface area contributed by atoms with Crippen LogP contribution in [0.5, 0.6) is 5.75 Å². The van der Waals surface area contributed by atoms with Gasteiger partial charge in [-0.15, -0.1) is 0 Å². The molecule has 3 aromatic rings. The predicted octanol–water partition coefficient (Wildman–Crippen LogP) is 1.30. The first-order chi connectivity index (χ1) is 13.5. The molecule has 5 N–H and O–H groups in total. The zero-order chi connectivity index (χ0) is 19.7. The molecule has 0 amide bonds. The lowest BCUT2D eigenvalue weighted by molar-refractivity contribution is -0.00843. The van der Waals surface area contributed by atoms with Crippen LogP contribution in [0.1, 0.15) is 29.7 Å². The van der Waals surface area contributed by atoms with E-state index < -0.39 is 18.3 Å². The van der Waals surface area contributed by atoms with Crippen LogP contribution < -0.4 is 10.5 Å². The van der Waals surface area contributed by atoms with Gasteiger partial charge in [0.2, 0.25) is 0 Å². The van der Waals surface area contributed by atoms with Crippen molar-refractivity contribution in [3.63, 3.8) is 0 Å². The Kier molecular flexibility index (Phi) is 4.95. The summed E-state index contributed by atoms with van der Waals surface area (Å²) in [6, 6.07) is 7.60. The number of aliphatic hydroxyl groups excluding tert-OH is 2. The van der Waals surface area contributed by atoms with Crippen molar-refractivity contribution in [3.05, 3.63) is 41.5 Å². The Bertz CT molecular complexity index is 1000. The molecule has 28 heavy (non-hydrogen) atoms. The molecule has 146 valence electrons. The zero-order valence-electron chi connectivity index (χ0n) is 15.2. The number of aromatic amines is 1. The molecule has 0 bridgehead atoms. The van der Waals surface area contributed by atoms with E-state index in [1.807, 2.05) is 30.3 Å². The molecular weight excluding hydrogens is 362 g/mol. The van der Waals surface area contributed by atoms with Gasteiger partial charge in [0.1, 0.15) is 17.7 Å². The van der Waals surface area contributed by atoms with Crippen molar-refractivity contribution in [2.24, 2.45) is 0 Å². The molecule has 2 aromatic heterocycles. The van der Waals surface area contributed by atoms with E-state index in [-0.39, 0.29) is 18.2 Å². The summed E-state index contributed by atoms with van der Waals surface area (Å²) < 4.78 is 10.5. The molecular formula is C19H21N5O4. The number of methoxy groups -OCH3 is 1. The van der Waals surface area contributed by atoms with Gasteiger partial charge in [-0.3, -0.25) is 0 Å². The normalized spacial score (nSPS) is 20.8. The van der Waals surface area contributed by atoms with E-state index in [0.717, 1.165) is 11.3 Å². The second-order valence-corrected chi connectivity index (χ2v) is 6.60. The van der Waals surface area contributed by atoms with Crippen LogP contribution in [-0.4, -0.2) is 56.1 Å². The van der Waals surface area contributed by atoms with Gasteiger partial charge in [0.05, 0.1) is 25.9 Å². The third-order valence-corrected chi connectivity index (χ3v) is 4.58. The second-order valence-electron chi connectivity index (χ2n) is 6.60. The van der Waals surface area contributed by atoms with Gasteiger partial charge in [-0.2, -0.15) is 0 Å². The number of fused-ring (bicyclic) bond motifs is 1. The number of aliphatic hydroxyl groups is 2. The van der Waals surface area contributed by atoms with Crippen molar-refractivity contribution in [1.29, 1.82) is 0 Å². The monoisotopic (exact) mass is 383 g/mol. The summed E-state index contributed by atoms with van der Waals surface area (Å²) in [6.07, 6.45) is 1.78. The Morgan fingerprint density at radius 1 is 1.25 bits per heavy atom. The van der Waals surface area contributed by atoms with Crippen molar-refractivity contribution in [2.45, 2.75) is 24.7 Å². The molecule has 1 aromatic carbocycles. The van der Waals surface area contributed by atoms with Crippen LogP contribution in [-0.2, 0) is 4.74 Å². The van der Waals surface area contributed by atoms with Crippen molar-refractivity contribution in [2.75, 3.05) is 19.5 Å². The number of hydrogen-bond acceptors (Lipinski definition) is 8. The molecule has 4 rings (SSSR count). The number of aromatic nitrogens is 4. The number of nitrogens with two attached hydrogens (primary N) is 1. The average Bonchev–Trinajstić information content (AvgIpc) is 3.32. The van der Waals surface area contributed by atoms with E-state index in [1.165, 1.54) is 0 Å². The molecule has 0 spiro atoms. The highest BCUT2D eigenvalue weighted by Gasteiger charge is 2.32. The fourth-order valence-corrected chi connectivity index (χ4v) is 3.08. The number of nitrogens with zero attached hydrogens (tertiary/aromatic N) is 3. The minimum absolute atomic E-state index is 0.137. The Balaban J connectivity index is 1.58. The van der Waals surface area contributed by atoms with Crippen LogP contribution >= 0.6 is 0 Å². The molecule has 3 heterocycles. The van der Waals surface area contributed by atoms with Gasteiger partial charge in [0.15, 0.2) is 22.8 Å². The van der Waals surface area contributed by atoms with E-state index in [4.69, 9.17) is 15.2 Å². The first-order valence-electron chi connectivity index (χ1n) is 8.86. The van der Waals surface area contributed by atoms with Gasteiger partial charge in [0.25, 0.3) is 0 Å². The van der Waals surface area contributed by atoms with Crippen molar-refractivity contribution < 1.29 is 19.7 Å². The van der Waals surface area contributed by atoms with E-state index in [0.29, 0.717) is 23.4 Å². The minimum atomic E-state index is -1.08. The summed E-state index contributed by atoms with van der Waals surface area (Å²) >= 11 is 0. The maximum atomic E-state index is 10.4. The summed E-state index contributed by atoms with van der Waals surface area (Å²) in [6.45, 7) is 0.184. The van der Waals surface area contributed by atoms with Gasteiger partial charge in [-0.1, -0.05) is 18.2 Å². The van der Waals surface area contributed by atoms with E-state index in [9.17, 15) is 10.2 Å². The second kappa shape index (κ2) is 7.55. The quantitative estimate of drug-likeness (QED) is 0.517. The summed E-state index contributed by atoms with van der Waals surface area (Å²) in [4.78, 5) is 16.0. The Morgan fingerprint density at radius 3 is 2.71 bits per heavy atom. The zero-order valence-corrected chi connectivity index (χ0v) is 15.2. The topological polar surface area (TPSA) is 139 Å². The van der Waals surface area contributed by atoms with Gasteiger partial charge < -0.3 is 30.4 Å². The van der Waals surface area contributed by atoms with Crippen LogP contribution in [0.4, 0.5) is 5.82 Å². The average molecular weight is 383 g/mol. The standard InChI is InChI=1S/C19H21N5O4/c1-27-12-5-2-10(3-6-12)4-7-14-21-15-17(20)23-19(24-18(15)22-14)16(26)13-8-11(25)9-28-13/h2-7,11,13,16,25-26H,8-9H2,1H3,(H3,20,21,22,23,24)/b7-4+. The van der Waals surface area contributed by atoms with Crippen LogP contribution in [0.2, 0.25) is 0 Å². The first kappa shape index (κ1) is 18.4. The number of anilines is 1. The smallest absolute Gasteiger partial charge is 0.164 e. The molecule has 3 unspecified atom stereocenters. The number of nitrogens with one attached hydrogen (secondary N) is 1. The molecule has 1 fully saturated rings. The van der Waals surface area contributed by atoms with Crippen molar-refractivity contribution >= 4 is 29.1 Å². The molecule has 9 heteroatoms. The van der Waals surface area contributed by atoms with Gasteiger partial charge in [-0.05, 0) is 23.8 Å². The lowest BCUT2D eigenvalue weighted by Gasteiger charge is -2.15. The van der Waals surface area contributed by atoms with Crippen LogP contribution in [0.25, 0.3) is 23.3 Å². The van der Waals surface area contributed by atoms with Crippen LogP contribution in [0.15, 0.2) is 24.3 Å². The number of benzene rings is 1. The minimum Gasteiger partial charge on any atom is -0.497 e. The highest BCUT2D eigenvalue weighted by Crippen LogP contribution is 2.27. The Morgan fingerprint density at radius 2 is 2.04 bits per heavy atom. The molecule has 1 aliphatic heterocycles. The summed E-state index contributed by atoms with van der Waals surface area (Å²) in [5.74, 6) is 1.65. The number of ether oxygens (including phenoxy) is 2. The van der Waals surface area contributed by atoms with E-state index in [2.05, 4.69) is 19.9 Å². The maximum Gasteiger partial charge on any atom is 0.164 e. The molecule has 0 aliphatic carbocycles. The van der Waals surface area contributed by atoms with Gasteiger partial charge in [-0.25, -0.2) is 15.0 Å². The van der Waals surface area contributed by atoms with Crippen LogP contribution in [0.3, 0.4) is 0 Å². The lowest BCUT2D eigenvalue weighted by Crippen LogP contribution is -2.20. The number of hydrogen-bond donors (Lipinski definition) is 4. The highest BCUT2D eigenvalue weighted by molar-refractivity contribution is 5.83. The number of rotatable bonds is 5. The Hall–Kier alpha value is -3.01. The van der Waals surface area contributed by atoms with Gasteiger partial charge >= 0.3 is 0 Å². The maximum absolute atomic E-state index is 10.4. The number of nitrogen functional groups attached to an aromatic ring is 1. The summed E-state index contributed by atoms with van der Waals surface area (Å²) in [5, 5.41) is 20.0. The number of H-pyrrole nitrogens is 1. The predicted molar refractivity (Wildman–Crippen MR) is 103 cm³/mol. The highest BCUT2D eigenvalue weighted by atomic mass is 16.5. The van der Waals surface area contributed by atoms with Gasteiger partial charge in [0, 0.05) is 6.42 Å². The first-order valence-corrected chi connectivity index (χ1v) is 8.86. The van der Waals surface area contributed by atoms with Crippen molar-refractivity contribution in [1.82, 2.24) is 19.9 Å². The summed E-state index contributed by atoms with van der Waals surface area (Å²) in [7, 11) is 1.62. The molecule has 3 atom stereocenters. The fraction of sp³-hybridized carbons (Fsp3) is 0.316. The largest absolute Gasteiger partial charge is 0.497 e. The Labute approximate surface area is 160 Å². The van der Waals surface area contributed by atoms with Crippen LogP contribution in [0, 0.1) is 0 Å². The number of imidazole rings is 1. The third kappa shape index (κ3) is 3.68. The molecule has 0 saturated carbocycles.